The third kappa shape index (κ3) is 2.08. The summed E-state index contributed by atoms with van der Waals surface area (Å²) >= 11 is 0. The third-order valence-corrected chi connectivity index (χ3v) is 4.14. The van der Waals surface area contributed by atoms with E-state index in [1.54, 1.807) is 48.5 Å². The molecule has 0 aliphatic carbocycles. The van der Waals surface area contributed by atoms with Gasteiger partial charge in [0.1, 0.15) is 10.7 Å². The molecule has 19 heavy (non-hydrogen) atoms. The number of hydrogen-bond acceptors (Lipinski definition) is 4. The SMILES string of the molecule is Nc1ccc2c(c1)C=C(c1ccccc1)S(=O)(=O)O2. The van der Waals surface area contributed by atoms with Crippen LogP contribution in [0.15, 0.2) is 48.5 Å². The van der Waals surface area contributed by atoms with Crippen molar-refractivity contribution in [3.05, 3.63) is 59.7 Å². The average molecular weight is 273 g/mol. The summed E-state index contributed by atoms with van der Waals surface area (Å²) < 4.78 is 29.3. The Morgan fingerprint density at radius 1 is 1.00 bits per heavy atom. The molecule has 1 heterocycles. The number of rotatable bonds is 1. The van der Waals surface area contributed by atoms with Gasteiger partial charge in [0.25, 0.3) is 0 Å². The van der Waals surface area contributed by atoms with Crippen LogP contribution in [0.5, 0.6) is 5.75 Å². The number of benzene rings is 2. The van der Waals surface area contributed by atoms with Crippen LogP contribution in [0.1, 0.15) is 11.1 Å². The minimum absolute atomic E-state index is 0.145. The molecule has 3 rings (SSSR count). The fourth-order valence-corrected chi connectivity index (χ4v) is 3.14. The number of fused-ring (bicyclic) bond motifs is 1. The largest absolute Gasteiger partial charge is 0.399 e. The van der Waals surface area contributed by atoms with Gasteiger partial charge in [-0.25, -0.2) is 0 Å². The molecule has 0 bridgehead atoms. The van der Waals surface area contributed by atoms with Gasteiger partial charge in [0.15, 0.2) is 0 Å². The minimum atomic E-state index is -3.78. The van der Waals surface area contributed by atoms with E-state index < -0.39 is 10.1 Å². The Kier molecular flexibility index (Phi) is 2.57. The fraction of sp³-hybridized carbons (Fsp3) is 0. The van der Waals surface area contributed by atoms with Gasteiger partial charge in [-0.05, 0) is 29.8 Å². The quantitative estimate of drug-likeness (QED) is 0.640. The summed E-state index contributed by atoms with van der Waals surface area (Å²) in [4.78, 5) is 0.145. The van der Waals surface area contributed by atoms with Crippen LogP contribution in [0.2, 0.25) is 0 Å². The molecule has 96 valence electrons. The van der Waals surface area contributed by atoms with Crippen molar-refractivity contribution in [2.24, 2.45) is 0 Å². The molecule has 0 aromatic heterocycles. The van der Waals surface area contributed by atoms with E-state index in [9.17, 15) is 8.42 Å². The zero-order valence-electron chi connectivity index (χ0n) is 9.91. The standard InChI is InChI=1S/C14H11NO3S/c15-12-6-7-13-11(8-12)9-14(19(16,17)18-13)10-4-2-1-3-5-10/h1-9H,15H2. The summed E-state index contributed by atoms with van der Waals surface area (Å²) in [6.07, 6.45) is 1.58. The Hall–Kier alpha value is -2.27. The Bertz CT molecular complexity index is 765. The summed E-state index contributed by atoms with van der Waals surface area (Å²) in [7, 11) is -3.78. The predicted molar refractivity (Wildman–Crippen MR) is 74.7 cm³/mol. The summed E-state index contributed by atoms with van der Waals surface area (Å²) in [6, 6.07) is 13.7. The summed E-state index contributed by atoms with van der Waals surface area (Å²) in [5.41, 5.74) is 7.51. The van der Waals surface area contributed by atoms with E-state index in [1.165, 1.54) is 0 Å². The zero-order valence-corrected chi connectivity index (χ0v) is 10.7. The maximum absolute atomic E-state index is 12.1. The van der Waals surface area contributed by atoms with E-state index >= 15 is 0 Å². The molecule has 0 fully saturated rings. The van der Waals surface area contributed by atoms with Crippen molar-refractivity contribution in [1.29, 1.82) is 0 Å². The van der Waals surface area contributed by atoms with Gasteiger partial charge in [0.2, 0.25) is 0 Å². The lowest BCUT2D eigenvalue weighted by Gasteiger charge is -2.18. The molecule has 2 aromatic rings. The molecule has 1 aliphatic rings. The van der Waals surface area contributed by atoms with E-state index in [4.69, 9.17) is 9.92 Å². The average Bonchev–Trinajstić information content (AvgIpc) is 2.39. The Morgan fingerprint density at radius 2 is 1.74 bits per heavy atom. The van der Waals surface area contributed by atoms with Crippen molar-refractivity contribution in [2.75, 3.05) is 5.73 Å². The highest BCUT2D eigenvalue weighted by Gasteiger charge is 2.27. The zero-order chi connectivity index (χ0) is 13.5. The van der Waals surface area contributed by atoms with Crippen LogP contribution in [-0.4, -0.2) is 8.42 Å². The van der Waals surface area contributed by atoms with Crippen molar-refractivity contribution in [2.45, 2.75) is 0 Å². The second-order valence-corrected chi connectivity index (χ2v) is 5.72. The van der Waals surface area contributed by atoms with E-state index in [0.29, 0.717) is 22.6 Å². The predicted octanol–water partition coefficient (Wildman–Crippen LogP) is 2.49. The van der Waals surface area contributed by atoms with Gasteiger partial charge in [-0.15, -0.1) is 0 Å². The minimum Gasteiger partial charge on any atom is -0.399 e. The maximum atomic E-state index is 12.1. The maximum Gasteiger partial charge on any atom is 0.339 e. The molecular weight excluding hydrogens is 262 g/mol. The monoisotopic (exact) mass is 273 g/mol. The number of anilines is 1. The first kappa shape index (κ1) is 11.8. The lowest BCUT2D eigenvalue weighted by molar-refractivity contribution is 0.496. The van der Waals surface area contributed by atoms with Crippen molar-refractivity contribution < 1.29 is 12.6 Å². The normalized spacial score (nSPS) is 16.1. The highest BCUT2D eigenvalue weighted by molar-refractivity contribution is 7.97. The molecule has 1 aliphatic heterocycles. The second kappa shape index (κ2) is 4.13. The summed E-state index contributed by atoms with van der Waals surface area (Å²) in [5.74, 6) is 0.300. The molecule has 0 saturated heterocycles. The molecular formula is C14H11NO3S. The lowest BCUT2D eigenvalue weighted by atomic mass is 10.1. The second-order valence-electron chi connectivity index (χ2n) is 4.21. The highest BCUT2D eigenvalue weighted by Crippen LogP contribution is 2.36. The molecule has 2 aromatic carbocycles. The van der Waals surface area contributed by atoms with Gasteiger partial charge in [0, 0.05) is 11.3 Å². The van der Waals surface area contributed by atoms with Crippen LogP contribution >= 0.6 is 0 Å². The van der Waals surface area contributed by atoms with Crippen molar-refractivity contribution in [3.8, 4) is 5.75 Å². The number of nitrogen functional groups attached to an aromatic ring is 1. The van der Waals surface area contributed by atoms with E-state index in [2.05, 4.69) is 0 Å². The van der Waals surface area contributed by atoms with E-state index in [0.717, 1.165) is 0 Å². The summed E-state index contributed by atoms with van der Waals surface area (Å²) in [6.45, 7) is 0. The Balaban J connectivity index is 2.23. The molecule has 0 atom stereocenters. The molecule has 2 N–H and O–H groups in total. The number of nitrogens with two attached hydrogens (primary N) is 1. The van der Waals surface area contributed by atoms with Crippen molar-refractivity contribution >= 4 is 26.8 Å². The van der Waals surface area contributed by atoms with Gasteiger partial charge < -0.3 is 9.92 Å². The van der Waals surface area contributed by atoms with E-state index in [1.807, 2.05) is 6.07 Å². The topological polar surface area (TPSA) is 69.4 Å². The molecule has 4 nitrogen and oxygen atoms in total. The molecule has 5 heteroatoms. The molecule has 0 spiro atoms. The lowest BCUT2D eigenvalue weighted by Crippen LogP contribution is -2.15. The van der Waals surface area contributed by atoms with Crippen LogP contribution in [0.3, 0.4) is 0 Å². The third-order valence-electron chi connectivity index (χ3n) is 2.85. The van der Waals surface area contributed by atoms with Crippen LogP contribution in [0.25, 0.3) is 11.0 Å². The Labute approximate surface area is 111 Å². The van der Waals surface area contributed by atoms with Gasteiger partial charge in [-0.3, -0.25) is 0 Å². The number of hydrogen-bond donors (Lipinski definition) is 1. The highest BCUT2D eigenvalue weighted by atomic mass is 32.2. The van der Waals surface area contributed by atoms with Gasteiger partial charge >= 0.3 is 10.1 Å². The van der Waals surface area contributed by atoms with Crippen LogP contribution in [-0.2, 0) is 10.1 Å². The van der Waals surface area contributed by atoms with E-state index in [-0.39, 0.29) is 4.91 Å². The summed E-state index contributed by atoms with van der Waals surface area (Å²) in [5, 5.41) is 0. The molecule has 0 amide bonds. The smallest absolute Gasteiger partial charge is 0.339 e. The van der Waals surface area contributed by atoms with Crippen LogP contribution in [0, 0.1) is 0 Å². The van der Waals surface area contributed by atoms with Crippen molar-refractivity contribution in [3.63, 3.8) is 0 Å². The molecule has 0 unspecified atom stereocenters. The van der Waals surface area contributed by atoms with Gasteiger partial charge in [0.05, 0.1) is 0 Å². The fourth-order valence-electron chi connectivity index (χ4n) is 1.96. The molecule has 0 radical (unpaired) electrons. The van der Waals surface area contributed by atoms with Gasteiger partial charge in [-0.2, -0.15) is 8.42 Å². The Morgan fingerprint density at radius 3 is 2.47 bits per heavy atom. The van der Waals surface area contributed by atoms with Crippen LogP contribution < -0.4 is 9.92 Å². The van der Waals surface area contributed by atoms with Gasteiger partial charge in [-0.1, -0.05) is 30.3 Å². The first-order valence-electron chi connectivity index (χ1n) is 5.67. The first-order valence-corrected chi connectivity index (χ1v) is 7.08. The van der Waals surface area contributed by atoms with Crippen LogP contribution in [0.4, 0.5) is 5.69 Å². The first-order chi connectivity index (χ1) is 9.06. The molecule has 0 saturated carbocycles. The van der Waals surface area contributed by atoms with Crippen molar-refractivity contribution in [1.82, 2.24) is 0 Å².